The molecule has 0 amide bonds. The van der Waals surface area contributed by atoms with E-state index in [0.29, 0.717) is 19.3 Å². The lowest BCUT2D eigenvalue weighted by molar-refractivity contribution is -0.118. The van der Waals surface area contributed by atoms with E-state index < -0.39 is 0 Å². The summed E-state index contributed by atoms with van der Waals surface area (Å²) >= 11 is 0. The van der Waals surface area contributed by atoms with Crippen LogP contribution in [-0.4, -0.2) is 5.78 Å². The lowest BCUT2D eigenvalue weighted by atomic mass is 10.2. The van der Waals surface area contributed by atoms with Crippen LogP contribution in [0.1, 0.15) is 26.2 Å². The van der Waals surface area contributed by atoms with Crippen LogP contribution in [0.5, 0.6) is 0 Å². The number of ketones is 1. The highest BCUT2D eigenvalue weighted by Crippen LogP contribution is 1.94. The molecule has 0 saturated heterocycles. The predicted octanol–water partition coefficient (Wildman–Crippen LogP) is 1.83. The van der Waals surface area contributed by atoms with E-state index in [0.717, 1.165) is 0 Å². The van der Waals surface area contributed by atoms with Crippen LogP contribution >= 0.6 is 0 Å². The molecule has 0 bridgehead atoms. The number of nitriles is 1. The van der Waals surface area contributed by atoms with Gasteiger partial charge in [0.1, 0.15) is 5.78 Å². The van der Waals surface area contributed by atoms with Gasteiger partial charge in [0.2, 0.25) is 0 Å². The van der Waals surface area contributed by atoms with E-state index in [9.17, 15) is 4.79 Å². The van der Waals surface area contributed by atoms with Gasteiger partial charge in [-0.05, 0) is 6.92 Å². The molecule has 0 aliphatic rings. The number of Topliss-reactive ketones (excluding diaryl/α,β-unsaturated/α-hetero) is 1. The smallest absolute Gasteiger partial charge is 0.137 e. The molecule has 0 aromatic rings. The Morgan fingerprint density at radius 3 is 2.90 bits per heavy atom. The molecule has 0 aromatic carbocycles. The highest BCUT2D eigenvalue weighted by Gasteiger charge is 1.96. The number of rotatable bonds is 4. The van der Waals surface area contributed by atoms with E-state index in [-0.39, 0.29) is 5.78 Å². The average Bonchev–Trinajstić information content (AvgIpc) is 1.97. The molecule has 0 atom stereocenters. The Morgan fingerprint density at radius 1 is 1.70 bits per heavy atom. The Bertz CT molecular complexity index is 165. The van der Waals surface area contributed by atoms with Crippen LogP contribution in [0.4, 0.5) is 0 Å². The fourth-order valence-corrected chi connectivity index (χ4v) is 0.547. The summed E-state index contributed by atoms with van der Waals surface area (Å²) < 4.78 is 0. The summed E-state index contributed by atoms with van der Waals surface area (Å²) in [6, 6.07) is 1.93. The largest absolute Gasteiger partial charge is 0.299 e. The maximum atomic E-state index is 10.8. The number of allylic oxidation sites excluding steroid dienone is 2. The number of nitrogens with zero attached hydrogens (tertiary/aromatic N) is 1. The predicted molar refractivity (Wildman–Crippen MR) is 39.3 cm³/mol. The van der Waals surface area contributed by atoms with Crippen molar-refractivity contribution >= 4 is 5.78 Å². The minimum absolute atomic E-state index is 0.139. The molecule has 10 heavy (non-hydrogen) atoms. The average molecular weight is 137 g/mol. The molecule has 0 saturated carbocycles. The molecule has 0 N–H and O–H groups in total. The van der Waals surface area contributed by atoms with Gasteiger partial charge in [-0.2, -0.15) is 5.26 Å². The minimum Gasteiger partial charge on any atom is -0.299 e. The van der Waals surface area contributed by atoms with Gasteiger partial charge in [-0.1, -0.05) is 12.2 Å². The summed E-state index contributed by atoms with van der Waals surface area (Å²) in [5, 5.41) is 8.12. The summed E-state index contributed by atoms with van der Waals surface area (Å²) in [4.78, 5) is 10.8. The molecule has 2 heteroatoms. The summed E-state index contributed by atoms with van der Waals surface area (Å²) in [5.74, 6) is 0.139. The molecule has 0 aliphatic carbocycles. The second-order valence-corrected chi connectivity index (χ2v) is 1.97. The fourth-order valence-electron chi connectivity index (χ4n) is 0.547. The molecular weight excluding hydrogens is 126 g/mol. The van der Waals surface area contributed by atoms with Gasteiger partial charge in [0.05, 0.1) is 6.07 Å². The first-order valence-corrected chi connectivity index (χ1v) is 3.31. The standard InChI is InChI=1S/C8H11NO/c1-2-3-5-8(10)6-4-7-9/h2-3H,4-6H2,1H3/b3-2+. The monoisotopic (exact) mass is 137 g/mol. The van der Waals surface area contributed by atoms with E-state index in [4.69, 9.17) is 5.26 Å². The Hall–Kier alpha value is -1.10. The normalized spacial score (nSPS) is 9.60. The quantitative estimate of drug-likeness (QED) is 0.554. The molecule has 0 heterocycles. The first-order valence-electron chi connectivity index (χ1n) is 3.31. The highest BCUT2D eigenvalue weighted by atomic mass is 16.1. The third-order valence-electron chi connectivity index (χ3n) is 1.10. The zero-order chi connectivity index (χ0) is 7.82. The number of hydrogen-bond donors (Lipinski definition) is 0. The molecular formula is C8H11NO. The Kier molecular flexibility index (Phi) is 5.36. The van der Waals surface area contributed by atoms with Crippen LogP contribution in [0.3, 0.4) is 0 Å². The van der Waals surface area contributed by atoms with Crippen LogP contribution in [0.15, 0.2) is 12.2 Å². The fraction of sp³-hybridized carbons (Fsp3) is 0.500. The zero-order valence-corrected chi connectivity index (χ0v) is 6.13. The van der Waals surface area contributed by atoms with Gasteiger partial charge in [-0.15, -0.1) is 0 Å². The topological polar surface area (TPSA) is 40.9 Å². The van der Waals surface area contributed by atoms with Crippen molar-refractivity contribution in [3.05, 3.63) is 12.2 Å². The summed E-state index contributed by atoms with van der Waals surface area (Å²) in [6.07, 6.45) is 4.85. The molecule has 0 fully saturated rings. The first kappa shape index (κ1) is 8.90. The second-order valence-electron chi connectivity index (χ2n) is 1.97. The van der Waals surface area contributed by atoms with Crippen LogP contribution in [0.2, 0.25) is 0 Å². The summed E-state index contributed by atoms with van der Waals surface area (Å²) in [7, 11) is 0. The van der Waals surface area contributed by atoms with Gasteiger partial charge >= 0.3 is 0 Å². The molecule has 0 spiro atoms. The van der Waals surface area contributed by atoms with E-state index in [1.54, 1.807) is 6.08 Å². The number of carbonyl (C=O) groups is 1. The number of carbonyl (C=O) groups excluding carboxylic acids is 1. The lowest BCUT2D eigenvalue weighted by Crippen LogP contribution is -1.93. The van der Waals surface area contributed by atoms with Crippen LogP contribution in [0, 0.1) is 11.3 Å². The van der Waals surface area contributed by atoms with E-state index in [2.05, 4.69) is 0 Å². The van der Waals surface area contributed by atoms with Crippen molar-refractivity contribution in [2.45, 2.75) is 26.2 Å². The van der Waals surface area contributed by atoms with Crippen LogP contribution < -0.4 is 0 Å². The van der Waals surface area contributed by atoms with Crippen LogP contribution in [-0.2, 0) is 4.79 Å². The Morgan fingerprint density at radius 2 is 2.40 bits per heavy atom. The number of hydrogen-bond acceptors (Lipinski definition) is 2. The minimum atomic E-state index is 0.139. The van der Waals surface area contributed by atoms with Gasteiger partial charge in [0.15, 0.2) is 0 Å². The molecule has 0 rings (SSSR count). The van der Waals surface area contributed by atoms with Gasteiger partial charge in [0, 0.05) is 19.3 Å². The molecule has 2 nitrogen and oxygen atoms in total. The summed E-state index contributed by atoms with van der Waals surface area (Å²) in [5.41, 5.74) is 0. The van der Waals surface area contributed by atoms with E-state index >= 15 is 0 Å². The van der Waals surface area contributed by atoms with Crippen LogP contribution in [0.25, 0.3) is 0 Å². The Labute approximate surface area is 61.2 Å². The maximum absolute atomic E-state index is 10.8. The Balaban J connectivity index is 3.37. The molecule has 0 unspecified atom stereocenters. The van der Waals surface area contributed by atoms with Crippen molar-refractivity contribution in [2.75, 3.05) is 0 Å². The van der Waals surface area contributed by atoms with Crippen molar-refractivity contribution in [3.8, 4) is 6.07 Å². The van der Waals surface area contributed by atoms with Crippen molar-refractivity contribution < 1.29 is 4.79 Å². The van der Waals surface area contributed by atoms with Crippen molar-refractivity contribution in [3.63, 3.8) is 0 Å². The van der Waals surface area contributed by atoms with Crippen molar-refractivity contribution in [2.24, 2.45) is 0 Å². The van der Waals surface area contributed by atoms with Gasteiger partial charge in [0.25, 0.3) is 0 Å². The summed E-state index contributed by atoms with van der Waals surface area (Å²) in [6.45, 7) is 1.87. The van der Waals surface area contributed by atoms with Gasteiger partial charge < -0.3 is 0 Å². The van der Waals surface area contributed by atoms with Crippen molar-refractivity contribution in [1.29, 1.82) is 5.26 Å². The zero-order valence-electron chi connectivity index (χ0n) is 6.13. The van der Waals surface area contributed by atoms with Gasteiger partial charge in [-0.25, -0.2) is 0 Å². The maximum Gasteiger partial charge on any atom is 0.137 e. The molecule has 0 aromatic heterocycles. The molecule has 0 radical (unpaired) electrons. The molecule has 0 aliphatic heterocycles. The van der Waals surface area contributed by atoms with E-state index in [1.807, 2.05) is 19.1 Å². The van der Waals surface area contributed by atoms with E-state index in [1.165, 1.54) is 0 Å². The lowest BCUT2D eigenvalue weighted by Gasteiger charge is -1.88. The van der Waals surface area contributed by atoms with Gasteiger partial charge in [-0.3, -0.25) is 4.79 Å². The van der Waals surface area contributed by atoms with Crippen molar-refractivity contribution in [1.82, 2.24) is 0 Å². The third-order valence-corrected chi connectivity index (χ3v) is 1.10. The first-order chi connectivity index (χ1) is 4.81. The highest BCUT2D eigenvalue weighted by molar-refractivity contribution is 5.79. The molecule has 54 valence electrons. The SMILES string of the molecule is C/C=C/CC(=O)CCC#N. The second kappa shape index (κ2) is 6.03. The third kappa shape index (κ3) is 5.04.